The molecule has 0 fully saturated rings. The molecule has 0 aromatic heterocycles. The molecule has 2 aromatic rings. The summed E-state index contributed by atoms with van der Waals surface area (Å²) in [6.07, 6.45) is 0. The second-order valence-corrected chi connectivity index (χ2v) is 5.56. The van der Waals surface area contributed by atoms with Crippen LogP contribution in [0.1, 0.15) is 18.5 Å². The fourth-order valence-electron chi connectivity index (χ4n) is 2.22. The van der Waals surface area contributed by atoms with E-state index in [0.717, 1.165) is 5.56 Å². The number of benzene rings is 2. The van der Waals surface area contributed by atoms with Gasteiger partial charge in [-0.1, -0.05) is 29.8 Å². The number of nitrogens with one attached hydrogen (secondary N) is 1. The van der Waals surface area contributed by atoms with Crippen LogP contribution in [0.3, 0.4) is 0 Å². The lowest BCUT2D eigenvalue weighted by atomic mass is 10.1. The zero-order valence-electron chi connectivity index (χ0n) is 13.8. The minimum Gasteiger partial charge on any atom is -0.493 e. The van der Waals surface area contributed by atoms with Crippen LogP contribution in [0.25, 0.3) is 0 Å². The van der Waals surface area contributed by atoms with E-state index in [1.54, 1.807) is 30.3 Å². The quantitative estimate of drug-likeness (QED) is 0.829. The number of para-hydroxylation sites is 1. The van der Waals surface area contributed by atoms with Gasteiger partial charge < -0.3 is 19.5 Å². The molecule has 0 saturated carbocycles. The number of rotatable bonds is 7. The van der Waals surface area contributed by atoms with E-state index >= 15 is 0 Å². The minimum absolute atomic E-state index is 0.144. The first-order chi connectivity index (χ1) is 11.5. The van der Waals surface area contributed by atoms with Crippen LogP contribution in [-0.4, -0.2) is 26.7 Å². The van der Waals surface area contributed by atoms with Crippen molar-refractivity contribution in [2.24, 2.45) is 0 Å². The predicted octanol–water partition coefficient (Wildman–Crippen LogP) is 3.61. The summed E-state index contributed by atoms with van der Waals surface area (Å²) in [5.41, 5.74) is 0.961. The molecule has 1 atom stereocenters. The van der Waals surface area contributed by atoms with Crippen LogP contribution < -0.4 is 19.5 Å². The third-order valence-corrected chi connectivity index (χ3v) is 3.73. The van der Waals surface area contributed by atoms with Crippen LogP contribution in [0.15, 0.2) is 42.5 Å². The molecular formula is C18H20ClNO4. The highest BCUT2D eigenvalue weighted by molar-refractivity contribution is 6.30. The van der Waals surface area contributed by atoms with Crippen LogP contribution >= 0.6 is 11.6 Å². The Hall–Kier alpha value is -2.40. The van der Waals surface area contributed by atoms with E-state index in [1.807, 2.05) is 19.1 Å². The second kappa shape index (κ2) is 8.45. The number of amides is 1. The molecule has 1 unspecified atom stereocenters. The summed E-state index contributed by atoms with van der Waals surface area (Å²) < 4.78 is 16.0. The summed E-state index contributed by atoms with van der Waals surface area (Å²) in [6, 6.07) is 12.4. The molecular weight excluding hydrogens is 330 g/mol. The van der Waals surface area contributed by atoms with Crippen molar-refractivity contribution in [2.45, 2.75) is 13.0 Å². The molecule has 0 aliphatic carbocycles. The van der Waals surface area contributed by atoms with Crippen LogP contribution in [-0.2, 0) is 4.79 Å². The van der Waals surface area contributed by atoms with Crippen LogP contribution in [0.4, 0.5) is 0 Å². The molecule has 0 heterocycles. The standard InChI is InChI=1S/C18H20ClNO4/c1-12(13-7-9-14(19)10-8-13)20-17(21)11-24-18-15(22-2)5-4-6-16(18)23-3/h4-10,12H,11H2,1-3H3,(H,20,21). The Morgan fingerprint density at radius 1 is 1.08 bits per heavy atom. The van der Waals surface area contributed by atoms with Gasteiger partial charge in [0.15, 0.2) is 18.1 Å². The fourth-order valence-corrected chi connectivity index (χ4v) is 2.34. The van der Waals surface area contributed by atoms with Gasteiger partial charge in [0.2, 0.25) is 5.75 Å². The van der Waals surface area contributed by atoms with E-state index in [0.29, 0.717) is 22.3 Å². The van der Waals surface area contributed by atoms with E-state index in [9.17, 15) is 4.79 Å². The van der Waals surface area contributed by atoms with Crippen LogP contribution in [0, 0.1) is 0 Å². The number of carbonyl (C=O) groups is 1. The number of ether oxygens (including phenoxy) is 3. The SMILES string of the molecule is COc1cccc(OC)c1OCC(=O)NC(C)c1ccc(Cl)cc1. The normalized spacial score (nSPS) is 11.5. The maximum atomic E-state index is 12.1. The second-order valence-electron chi connectivity index (χ2n) is 5.12. The fraction of sp³-hybridized carbons (Fsp3) is 0.278. The molecule has 128 valence electrons. The van der Waals surface area contributed by atoms with Gasteiger partial charge in [0, 0.05) is 5.02 Å². The van der Waals surface area contributed by atoms with Gasteiger partial charge in [0.05, 0.1) is 20.3 Å². The summed E-state index contributed by atoms with van der Waals surface area (Å²) in [5.74, 6) is 1.17. The van der Waals surface area contributed by atoms with Crippen molar-refractivity contribution in [1.82, 2.24) is 5.32 Å². The molecule has 24 heavy (non-hydrogen) atoms. The summed E-state index contributed by atoms with van der Waals surface area (Å²) in [6.45, 7) is 1.75. The zero-order chi connectivity index (χ0) is 17.5. The molecule has 0 saturated heterocycles. The smallest absolute Gasteiger partial charge is 0.258 e. The van der Waals surface area contributed by atoms with Gasteiger partial charge in [-0.3, -0.25) is 4.79 Å². The molecule has 0 aliphatic heterocycles. The molecule has 0 radical (unpaired) electrons. The Bertz CT molecular complexity index is 666. The van der Waals surface area contributed by atoms with E-state index in [-0.39, 0.29) is 18.6 Å². The summed E-state index contributed by atoms with van der Waals surface area (Å²) >= 11 is 5.87. The molecule has 1 amide bonds. The van der Waals surface area contributed by atoms with Gasteiger partial charge in [-0.15, -0.1) is 0 Å². The van der Waals surface area contributed by atoms with Crippen molar-refractivity contribution < 1.29 is 19.0 Å². The zero-order valence-corrected chi connectivity index (χ0v) is 14.6. The minimum atomic E-state index is -0.245. The van der Waals surface area contributed by atoms with Gasteiger partial charge >= 0.3 is 0 Å². The topological polar surface area (TPSA) is 56.8 Å². The monoisotopic (exact) mass is 349 g/mol. The van der Waals surface area contributed by atoms with E-state index in [1.165, 1.54) is 14.2 Å². The maximum absolute atomic E-state index is 12.1. The highest BCUT2D eigenvalue weighted by Gasteiger charge is 2.15. The summed E-state index contributed by atoms with van der Waals surface area (Å²) in [7, 11) is 3.06. The van der Waals surface area contributed by atoms with Gasteiger partial charge in [-0.2, -0.15) is 0 Å². The van der Waals surface area contributed by atoms with Gasteiger partial charge in [-0.05, 0) is 36.8 Å². The number of methoxy groups -OCH3 is 2. The maximum Gasteiger partial charge on any atom is 0.258 e. The van der Waals surface area contributed by atoms with Crippen molar-refractivity contribution in [3.05, 3.63) is 53.1 Å². The molecule has 5 nitrogen and oxygen atoms in total. The highest BCUT2D eigenvalue weighted by atomic mass is 35.5. The van der Waals surface area contributed by atoms with E-state index in [4.69, 9.17) is 25.8 Å². The van der Waals surface area contributed by atoms with Crippen molar-refractivity contribution in [1.29, 1.82) is 0 Å². The first-order valence-electron chi connectivity index (χ1n) is 7.43. The lowest BCUT2D eigenvalue weighted by molar-refractivity contribution is -0.123. The Kier molecular flexibility index (Phi) is 6.32. The van der Waals surface area contributed by atoms with Gasteiger partial charge in [0.1, 0.15) is 0 Å². The van der Waals surface area contributed by atoms with E-state index in [2.05, 4.69) is 5.32 Å². The Morgan fingerprint density at radius 3 is 2.21 bits per heavy atom. The lowest BCUT2D eigenvalue weighted by Crippen LogP contribution is -2.31. The first kappa shape index (κ1) is 17.9. The molecule has 2 rings (SSSR count). The largest absolute Gasteiger partial charge is 0.493 e. The van der Waals surface area contributed by atoms with Gasteiger partial charge in [-0.25, -0.2) is 0 Å². The molecule has 6 heteroatoms. The highest BCUT2D eigenvalue weighted by Crippen LogP contribution is 2.36. The van der Waals surface area contributed by atoms with Crippen molar-refractivity contribution >= 4 is 17.5 Å². The molecule has 2 aromatic carbocycles. The van der Waals surface area contributed by atoms with Crippen molar-refractivity contribution in [2.75, 3.05) is 20.8 Å². The third-order valence-electron chi connectivity index (χ3n) is 3.48. The average Bonchev–Trinajstić information content (AvgIpc) is 2.59. The predicted molar refractivity (Wildman–Crippen MR) is 93.1 cm³/mol. The third kappa shape index (κ3) is 4.55. The average molecular weight is 350 g/mol. The molecule has 0 spiro atoms. The Morgan fingerprint density at radius 2 is 1.67 bits per heavy atom. The van der Waals surface area contributed by atoms with Crippen molar-refractivity contribution in [3.8, 4) is 17.2 Å². The van der Waals surface area contributed by atoms with Crippen LogP contribution in [0.5, 0.6) is 17.2 Å². The Labute approximate surface area is 146 Å². The van der Waals surface area contributed by atoms with Gasteiger partial charge in [0.25, 0.3) is 5.91 Å². The van der Waals surface area contributed by atoms with E-state index < -0.39 is 0 Å². The summed E-state index contributed by atoms with van der Waals surface area (Å²) in [4.78, 5) is 12.1. The number of hydrogen-bond donors (Lipinski definition) is 1. The lowest BCUT2D eigenvalue weighted by Gasteiger charge is -2.16. The number of halogens is 1. The molecule has 0 aliphatic rings. The van der Waals surface area contributed by atoms with Crippen molar-refractivity contribution in [3.63, 3.8) is 0 Å². The Balaban J connectivity index is 1.97. The number of hydrogen-bond acceptors (Lipinski definition) is 4. The summed E-state index contributed by atoms with van der Waals surface area (Å²) in [5, 5.41) is 3.53. The first-order valence-corrected chi connectivity index (χ1v) is 7.81. The van der Waals surface area contributed by atoms with Crippen LogP contribution in [0.2, 0.25) is 5.02 Å². The number of carbonyl (C=O) groups excluding carboxylic acids is 1. The molecule has 1 N–H and O–H groups in total. The molecule has 0 bridgehead atoms.